The van der Waals surface area contributed by atoms with Gasteiger partial charge in [0, 0.05) is 26.2 Å². The number of alkyl halides is 3. The van der Waals surface area contributed by atoms with Gasteiger partial charge in [-0.3, -0.25) is 0 Å². The highest BCUT2D eigenvalue weighted by atomic mass is 19.4. The number of ether oxygens (including phenoxy) is 1. The topological polar surface area (TPSA) is 26.6 Å². The summed E-state index contributed by atoms with van der Waals surface area (Å²) in [5, 5.41) is 4.36. The molecule has 1 heterocycles. The number of nitrogens with zero attached hydrogens (tertiary/aromatic N) is 2. The van der Waals surface area contributed by atoms with E-state index >= 15 is 0 Å². The number of hydrogen-bond donors (Lipinski definition) is 0. The van der Waals surface area contributed by atoms with E-state index in [2.05, 4.69) is 15.0 Å². The SMILES string of the molecule is FC(F)(F)Oc1ccc(CCN2CCC[N]CC2)cc1. The minimum Gasteiger partial charge on any atom is -0.406 e. The molecule has 1 aromatic rings. The number of hydrogen-bond acceptors (Lipinski definition) is 2. The highest BCUT2D eigenvalue weighted by Crippen LogP contribution is 2.22. The standard InChI is InChI=1S/C14H18F3N2O/c15-14(16,17)20-13-4-2-12(3-5-13)6-10-19-9-1-7-18-8-11-19/h2-5H,1,6-11H2. The Bertz CT molecular complexity index is 398. The van der Waals surface area contributed by atoms with Crippen LogP contribution in [0.4, 0.5) is 13.2 Å². The molecule has 1 fully saturated rings. The van der Waals surface area contributed by atoms with Gasteiger partial charge in [-0.25, -0.2) is 5.32 Å². The fraction of sp³-hybridized carbons (Fsp3) is 0.571. The molecule has 0 bridgehead atoms. The fourth-order valence-electron chi connectivity index (χ4n) is 2.21. The summed E-state index contributed by atoms with van der Waals surface area (Å²) in [6.45, 7) is 4.72. The minimum absolute atomic E-state index is 0.171. The maximum atomic E-state index is 12.0. The van der Waals surface area contributed by atoms with E-state index in [0.29, 0.717) is 0 Å². The predicted molar refractivity (Wildman–Crippen MR) is 69.8 cm³/mol. The highest BCUT2D eigenvalue weighted by Gasteiger charge is 2.30. The van der Waals surface area contributed by atoms with Crippen LogP contribution in [0.3, 0.4) is 0 Å². The molecule has 0 unspecified atom stereocenters. The van der Waals surface area contributed by atoms with Crippen LogP contribution in [-0.4, -0.2) is 44.0 Å². The summed E-state index contributed by atoms with van der Waals surface area (Å²) in [6, 6.07) is 6.09. The Morgan fingerprint density at radius 2 is 1.85 bits per heavy atom. The zero-order valence-electron chi connectivity index (χ0n) is 11.2. The highest BCUT2D eigenvalue weighted by molar-refractivity contribution is 5.27. The van der Waals surface area contributed by atoms with Crippen molar-refractivity contribution >= 4 is 0 Å². The van der Waals surface area contributed by atoms with E-state index in [1.165, 1.54) is 12.1 Å². The molecule has 1 aliphatic rings. The summed E-state index contributed by atoms with van der Waals surface area (Å²) in [7, 11) is 0. The average molecular weight is 287 g/mol. The molecule has 1 radical (unpaired) electrons. The van der Waals surface area contributed by atoms with Crippen LogP contribution in [-0.2, 0) is 6.42 Å². The molecule has 0 aromatic heterocycles. The lowest BCUT2D eigenvalue weighted by Gasteiger charge is -2.19. The van der Waals surface area contributed by atoms with Gasteiger partial charge >= 0.3 is 6.36 Å². The molecule has 1 aliphatic heterocycles. The van der Waals surface area contributed by atoms with Crippen LogP contribution in [0.1, 0.15) is 12.0 Å². The normalized spacial score (nSPS) is 17.8. The second-order valence-electron chi connectivity index (χ2n) is 4.81. The maximum absolute atomic E-state index is 12.0. The molecule has 0 aliphatic carbocycles. The Morgan fingerprint density at radius 3 is 2.55 bits per heavy atom. The largest absolute Gasteiger partial charge is 0.573 e. The van der Waals surface area contributed by atoms with Gasteiger partial charge in [-0.15, -0.1) is 13.2 Å². The molecular weight excluding hydrogens is 269 g/mol. The Labute approximate surface area is 116 Å². The summed E-state index contributed by atoms with van der Waals surface area (Å²) in [4.78, 5) is 2.34. The molecule has 3 nitrogen and oxygen atoms in total. The Hall–Kier alpha value is -1.27. The molecule has 20 heavy (non-hydrogen) atoms. The van der Waals surface area contributed by atoms with E-state index in [0.717, 1.165) is 51.1 Å². The Kier molecular flexibility index (Phi) is 5.25. The lowest BCUT2D eigenvalue weighted by molar-refractivity contribution is -0.274. The minimum atomic E-state index is -4.63. The summed E-state index contributed by atoms with van der Waals surface area (Å²) < 4.78 is 39.9. The van der Waals surface area contributed by atoms with Crippen molar-refractivity contribution in [3.05, 3.63) is 29.8 Å². The Balaban J connectivity index is 1.81. The van der Waals surface area contributed by atoms with Gasteiger partial charge in [0.1, 0.15) is 5.75 Å². The van der Waals surface area contributed by atoms with E-state index < -0.39 is 6.36 Å². The second kappa shape index (κ2) is 6.95. The first-order chi connectivity index (χ1) is 9.53. The van der Waals surface area contributed by atoms with Crippen LogP contribution < -0.4 is 10.1 Å². The summed E-state index contributed by atoms with van der Waals surface area (Å²) in [5.41, 5.74) is 1.01. The van der Waals surface area contributed by atoms with Gasteiger partial charge in [0.25, 0.3) is 0 Å². The van der Waals surface area contributed by atoms with Crippen LogP contribution in [0.15, 0.2) is 24.3 Å². The molecular formula is C14H18F3N2O. The van der Waals surface area contributed by atoms with Gasteiger partial charge in [-0.05, 0) is 37.1 Å². The van der Waals surface area contributed by atoms with Crippen molar-refractivity contribution in [2.24, 2.45) is 0 Å². The lowest BCUT2D eigenvalue weighted by atomic mass is 10.1. The van der Waals surface area contributed by atoms with Crippen LogP contribution in [0.5, 0.6) is 5.75 Å². The quantitative estimate of drug-likeness (QED) is 0.850. The van der Waals surface area contributed by atoms with E-state index in [4.69, 9.17) is 0 Å². The van der Waals surface area contributed by atoms with Gasteiger partial charge in [-0.2, -0.15) is 0 Å². The smallest absolute Gasteiger partial charge is 0.406 e. The van der Waals surface area contributed by atoms with Crippen LogP contribution >= 0.6 is 0 Å². The maximum Gasteiger partial charge on any atom is 0.573 e. The van der Waals surface area contributed by atoms with Crippen molar-refractivity contribution in [1.29, 1.82) is 0 Å². The average Bonchev–Trinajstić information content (AvgIpc) is 2.65. The number of rotatable bonds is 4. The van der Waals surface area contributed by atoms with Gasteiger partial charge in [-0.1, -0.05) is 12.1 Å². The summed E-state index contributed by atoms with van der Waals surface area (Å²) in [5.74, 6) is -0.171. The Morgan fingerprint density at radius 1 is 1.10 bits per heavy atom. The first-order valence-electron chi connectivity index (χ1n) is 6.73. The van der Waals surface area contributed by atoms with Crippen molar-refractivity contribution in [1.82, 2.24) is 10.2 Å². The van der Waals surface area contributed by atoms with Gasteiger partial charge in [0.2, 0.25) is 0 Å². The van der Waals surface area contributed by atoms with Crippen LogP contribution in [0.2, 0.25) is 0 Å². The van der Waals surface area contributed by atoms with Crippen molar-refractivity contribution in [3.8, 4) is 5.75 Å². The van der Waals surface area contributed by atoms with Gasteiger partial charge < -0.3 is 9.64 Å². The molecule has 0 atom stereocenters. The fourth-order valence-corrected chi connectivity index (χ4v) is 2.21. The second-order valence-corrected chi connectivity index (χ2v) is 4.81. The molecule has 0 N–H and O–H groups in total. The molecule has 1 aromatic carbocycles. The van der Waals surface area contributed by atoms with Crippen molar-refractivity contribution in [3.63, 3.8) is 0 Å². The first-order valence-corrected chi connectivity index (χ1v) is 6.73. The molecule has 0 spiro atoms. The van der Waals surface area contributed by atoms with Gasteiger partial charge in [0.05, 0.1) is 0 Å². The lowest BCUT2D eigenvalue weighted by Crippen LogP contribution is -2.29. The molecule has 0 amide bonds. The zero-order valence-corrected chi connectivity index (χ0v) is 11.2. The van der Waals surface area contributed by atoms with E-state index in [1.807, 2.05) is 0 Å². The summed E-state index contributed by atoms with van der Waals surface area (Å²) in [6.07, 6.45) is -2.72. The third kappa shape index (κ3) is 5.38. The van der Waals surface area contributed by atoms with E-state index in [9.17, 15) is 13.2 Å². The number of benzene rings is 1. The third-order valence-corrected chi connectivity index (χ3v) is 3.24. The molecule has 1 saturated heterocycles. The third-order valence-electron chi connectivity index (χ3n) is 3.24. The molecule has 111 valence electrons. The first kappa shape index (κ1) is 15.1. The zero-order chi connectivity index (χ0) is 14.4. The number of halogens is 3. The van der Waals surface area contributed by atoms with E-state index in [-0.39, 0.29) is 5.75 Å². The monoisotopic (exact) mass is 287 g/mol. The molecule has 0 saturated carbocycles. The van der Waals surface area contributed by atoms with Crippen LogP contribution in [0, 0.1) is 0 Å². The molecule has 6 heteroatoms. The van der Waals surface area contributed by atoms with Crippen molar-refractivity contribution in [2.45, 2.75) is 19.2 Å². The van der Waals surface area contributed by atoms with Gasteiger partial charge in [0.15, 0.2) is 0 Å². The van der Waals surface area contributed by atoms with Crippen molar-refractivity contribution in [2.75, 3.05) is 32.7 Å². The van der Waals surface area contributed by atoms with Crippen LogP contribution in [0.25, 0.3) is 0 Å². The van der Waals surface area contributed by atoms with Crippen molar-refractivity contribution < 1.29 is 17.9 Å². The predicted octanol–water partition coefficient (Wildman–Crippen LogP) is 2.44. The molecule has 2 rings (SSSR count). The summed E-state index contributed by atoms with van der Waals surface area (Å²) >= 11 is 0. The van der Waals surface area contributed by atoms with E-state index in [1.54, 1.807) is 12.1 Å².